The van der Waals surface area contributed by atoms with Crippen molar-refractivity contribution in [2.45, 2.75) is 17.7 Å². The van der Waals surface area contributed by atoms with Crippen LogP contribution in [0.25, 0.3) is 0 Å². The molecule has 0 radical (unpaired) electrons. The van der Waals surface area contributed by atoms with E-state index in [1.165, 1.54) is 17.0 Å². The zero-order valence-electron chi connectivity index (χ0n) is 10.5. The van der Waals surface area contributed by atoms with Crippen molar-refractivity contribution in [2.24, 2.45) is 0 Å². The molecule has 2 heterocycles. The SMILES string of the molecule is O=C1C=CC2=C(C1)Sc1cc(N3CCC3)ccc1N2. The Morgan fingerprint density at radius 2 is 2.11 bits per heavy atom. The van der Waals surface area contributed by atoms with Gasteiger partial charge in [0.15, 0.2) is 5.78 Å². The molecule has 0 bridgehead atoms. The Morgan fingerprint density at radius 1 is 1.21 bits per heavy atom. The lowest BCUT2D eigenvalue weighted by Gasteiger charge is -2.34. The lowest BCUT2D eigenvalue weighted by Crippen LogP contribution is -2.36. The lowest BCUT2D eigenvalue weighted by molar-refractivity contribution is -0.114. The Hall–Kier alpha value is -1.68. The minimum Gasteiger partial charge on any atom is -0.371 e. The second-order valence-corrected chi connectivity index (χ2v) is 6.20. The molecule has 1 aliphatic carbocycles. The molecule has 0 spiro atoms. The third-order valence-corrected chi connectivity index (χ3v) is 4.93. The van der Waals surface area contributed by atoms with Crippen LogP contribution in [-0.2, 0) is 4.79 Å². The number of carbonyl (C=O) groups excluding carboxylic acids is 1. The number of benzene rings is 1. The van der Waals surface area contributed by atoms with Gasteiger partial charge in [-0.3, -0.25) is 4.79 Å². The maximum Gasteiger partial charge on any atom is 0.160 e. The average Bonchev–Trinajstić information content (AvgIpc) is 2.34. The minimum atomic E-state index is 0.190. The van der Waals surface area contributed by atoms with Crippen LogP contribution in [0.15, 0.2) is 45.8 Å². The zero-order chi connectivity index (χ0) is 12.8. The van der Waals surface area contributed by atoms with E-state index in [1.54, 1.807) is 17.8 Å². The van der Waals surface area contributed by atoms with Crippen molar-refractivity contribution in [3.05, 3.63) is 41.0 Å². The molecule has 4 heteroatoms. The minimum absolute atomic E-state index is 0.190. The summed E-state index contributed by atoms with van der Waals surface area (Å²) in [5.41, 5.74) is 3.52. The first-order valence-corrected chi connectivity index (χ1v) is 7.39. The molecular formula is C15H14N2OS. The number of fused-ring (bicyclic) bond motifs is 1. The predicted octanol–water partition coefficient (Wildman–Crippen LogP) is 3.15. The van der Waals surface area contributed by atoms with E-state index in [1.807, 2.05) is 6.08 Å². The van der Waals surface area contributed by atoms with E-state index in [0.29, 0.717) is 6.42 Å². The van der Waals surface area contributed by atoms with E-state index in [2.05, 4.69) is 28.4 Å². The van der Waals surface area contributed by atoms with Crippen LogP contribution in [0.3, 0.4) is 0 Å². The van der Waals surface area contributed by atoms with Crippen molar-refractivity contribution in [3.8, 4) is 0 Å². The van der Waals surface area contributed by atoms with E-state index < -0.39 is 0 Å². The summed E-state index contributed by atoms with van der Waals surface area (Å²) in [7, 11) is 0. The highest BCUT2D eigenvalue weighted by atomic mass is 32.2. The zero-order valence-corrected chi connectivity index (χ0v) is 11.3. The van der Waals surface area contributed by atoms with Gasteiger partial charge < -0.3 is 10.2 Å². The van der Waals surface area contributed by atoms with Crippen LogP contribution < -0.4 is 10.2 Å². The number of hydrogen-bond acceptors (Lipinski definition) is 4. The summed E-state index contributed by atoms with van der Waals surface area (Å²) in [6.07, 6.45) is 5.36. The molecule has 1 aromatic rings. The first kappa shape index (κ1) is 11.2. The van der Waals surface area contributed by atoms with Gasteiger partial charge in [0.2, 0.25) is 0 Å². The van der Waals surface area contributed by atoms with Crippen LogP contribution in [-0.4, -0.2) is 18.9 Å². The molecule has 0 saturated carbocycles. The fourth-order valence-corrected chi connectivity index (χ4v) is 3.65. The number of carbonyl (C=O) groups is 1. The van der Waals surface area contributed by atoms with Gasteiger partial charge in [0.25, 0.3) is 0 Å². The van der Waals surface area contributed by atoms with Crippen molar-refractivity contribution in [3.63, 3.8) is 0 Å². The van der Waals surface area contributed by atoms with Crippen molar-refractivity contribution in [1.82, 2.24) is 0 Å². The Bertz CT molecular complexity index is 629. The van der Waals surface area contributed by atoms with Crippen molar-refractivity contribution >= 4 is 28.9 Å². The molecule has 0 aromatic heterocycles. The highest BCUT2D eigenvalue weighted by molar-refractivity contribution is 8.03. The largest absolute Gasteiger partial charge is 0.371 e. The number of rotatable bonds is 1. The first-order chi connectivity index (χ1) is 9.29. The van der Waals surface area contributed by atoms with Gasteiger partial charge in [-0.05, 0) is 36.8 Å². The summed E-state index contributed by atoms with van der Waals surface area (Å²) < 4.78 is 0. The second-order valence-electron chi connectivity index (χ2n) is 5.06. The standard InChI is InChI=1S/C15H14N2OS/c18-11-3-5-13-15(9-11)19-14-8-10(17-6-1-7-17)2-4-12(14)16-13/h2-5,8,16H,1,6-7,9H2. The van der Waals surface area contributed by atoms with Gasteiger partial charge in [-0.15, -0.1) is 0 Å². The molecule has 1 aromatic carbocycles. The number of anilines is 2. The molecule has 1 fully saturated rings. The molecule has 3 nitrogen and oxygen atoms in total. The van der Waals surface area contributed by atoms with E-state index in [-0.39, 0.29) is 5.78 Å². The second kappa shape index (κ2) is 4.17. The van der Waals surface area contributed by atoms with Crippen LogP contribution in [0.1, 0.15) is 12.8 Å². The van der Waals surface area contributed by atoms with Gasteiger partial charge >= 0.3 is 0 Å². The molecule has 19 heavy (non-hydrogen) atoms. The third-order valence-electron chi connectivity index (χ3n) is 3.76. The number of thioether (sulfide) groups is 1. The molecule has 0 atom stereocenters. The molecule has 96 valence electrons. The number of allylic oxidation sites excluding steroid dienone is 3. The first-order valence-electron chi connectivity index (χ1n) is 6.57. The summed E-state index contributed by atoms with van der Waals surface area (Å²) in [6, 6.07) is 6.55. The van der Waals surface area contributed by atoms with Crippen LogP contribution in [0.5, 0.6) is 0 Å². The highest BCUT2D eigenvalue weighted by Gasteiger charge is 2.23. The van der Waals surface area contributed by atoms with E-state index >= 15 is 0 Å². The van der Waals surface area contributed by atoms with Gasteiger partial charge in [0.1, 0.15) is 0 Å². The monoisotopic (exact) mass is 270 g/mol. The molecule has 1 saturated heterocycles. The molecular weight excluding hydrogens is 256 g/mol. The molecule has 0 unspecified atom stereocenters. The lowest BCUT2D eigenvalue weighted by atomic mass is 10.1. The van der Waals surface area contributed by atoms with Gasteiger partial charge in [0, 0.05) is 40.7 Å². The Kier molecular flexibility index (Phi) is 2.45. The van der Waals surface area contributed by atoms with Crippen LogP contribution >= 0.6 is 11.8 Å². The Balaban J connectivity index is 1.67. The quantitative estimate of drug-likeness (QED) is 0.849. The Morgan fingerprint density at radius 3 is 2.89 bits per heavy atom. The predicted molar refractivity (Wildman–Crippen MR) is 78.5 cm³/mol. The smallest absolute Gasteiger partial charge is 0.160 e. The highest BCUT2D eigenvalue weighted by Crippen LogP contribution is 2.44. The summed E-state index contributed by atoms with van der Waals surface area (Å²) in [5.74, 6) is 0.190. The summed E-state index contributed by atoms with van der Waals surface area (Å²) in [4.78, 5) is 16.2. The maximum atomic E-state index is 11.5. The van der Waals surface area contributed by atoms with Crippen molar-refractivity contribution in [1.29, 1.82) is 0 Å². The van der Waals surface area contributed by atoms with E-state index in [9.17, 15) is 4.79 Å². The van der Waals surface area contributed by atoms with Crippen LogP contribution in [0.4, 0.5) is 11.4 Å². The fourth-order valence-electron chi connectivity index (χ4n) is 2.53. The van der Waals surface area contributed by atoms with Gasteiger partial charge in [-0.25, -0.2) is 0 Å². The molecule has 4 rings (SSSR count). The van der Waals surface area contributed by atoms with Crippen molar-refractivity contribution in [2.75, 3.05) is 23.3 Å². The number of ketones is 1. The number of nitrogens with one attached hydrogen (secondary N) is 1. The summed E-state index contributed by atoms with van der Waals surface area (Å²) >= 11 is 1.73. The Labute approximate surface area is 116 Å². The number of hydrogen-bond donors (Lipinski definition) is 1. The molecule has 2 aliphatic heterocycles. The fraction of sp³-hybridized carbons (Fsp3) is 0.267. The topological polar surface area (TPSA) is 32.3 Å². The molecule has 0 amide bonds. The molecule has 3 aliphatic rings. The normalized spacial score (nSPS) is 20.6. The number of nitrogens with zero attached hydrogens (tertiary/aromatic N) is 1. The van der Waals surface area contributed by atoms with Gasteiger partial charge in [0.05, 0.1) is 5.69 Å². The van der Waals surface area contributed by atoms with E-state index in [0.717, 1.165) is 29.4 Å². The summed E-state index contributed by atoms with van der Waals surface area (Å²) in [6.45, 7) is 2.32. The summed E-state index contributed by atoms with van der Waals surface area (Å²) in [5, 5.41) is 3.42. The third kappa shape index (κ3) is 1.87. The molecule has 1 N–H and O–H groups in total. The van der Waals surface area contributed by atoms with Gasteiger partial charge in [-0.1, -0.05) is 11.8 Å². The van der Waals surface area contributed by atoms with Gasteiger partial charge in [-0.2, -0.15) is 0 Å². The van der Waals surface area contributed by atoms with E-state index in [4.69, 9.17) is 0 Å². The maximum absolute atomic E-state index is 11.5. The average molecular weight is 270 g/mol. The van der Waals surface area contributed by atoms with Crippen LogP contribution in [0.2, 0.25) is 0 Å². The van der Waals surface area contributed by atoms with Crippen LogP contribution in [0, 0.1) is 0 Å². The van der Waals surface area contributed by atoms with Crippen molar-refractivity contribution < 1.29 is 4.79 Å².